The van der Waals surface area contributed by atoms with Crippen molar-refractivity contribution in [2.45, 2.75) is 33.6 Å². The molecule has 2 N–H and O–H groups in total. The SMILES string of the molecule is CC1(C)[C@H](C(=O)Nc2ccc(Cl)c(Cl)c2)CC[C@]1(C)C(=O)O. The molecule has 1 aromatic rings. The minimum atomic E-state index is -0.910. The van der Waals surface area contributed by atoms with Gasteiger partial charge in [0.1, 0.15) is 0 Å². The Kier molecular flexibility index (Phi) is 4.46. The number of anilines is 1. The summed E-state index contributed by atoms with van der Waals surface area (Å²) in [4.78, 5) is 24.1. The van der Waals surface area contributed by atoms with E-state index in [1.807, 2.05) is 13.8 Å². The topological polar surface area (TPSA) is 66.4 Å². The van der Waals surface area contributed by atoms with Crippen LogP contribution in [0.4, 0.5) is 5.69 Å². The van der Waals surface area contributed by atoms with Gasteiger partial charge in [0.05, 0.1) is 15.5 Å². The second kappa shape index (κ2) is 5.74. The van der Waals surface area contributed by atoms with Crippen LogP contribution in [0.25, 0.3) is 0 Å². The van der Waals surface area contributed by atoms with Gasteiger partial charge in [-0.15, -0.1) is 0 Å². The molecule has 0 spiro atoms. The monoisotopic (exact) mass is 343 g/mol. The van der Waals surface area contributed by atoms with Crippen LogP contribution in [0.3, 0.4) is 0 Å². The number of hydrogen-bond acceptors (Lipinski definition) is 2. The fourth-order valence-corrected chi connectivity index (χ4v) is 3.44. The molecular weight excluding hydrogens is 325 g/mol. The third-order valence-corrected chi connectivity index (χ3v) is 5.94. The zero-order valence-electron chi connectivity index (χ0n) is 12.7. The van der Waals surface area contributed by atoms with E-state index in [0.717, 1.165) is 0 Å². The number of carbonyl (C=O) groups is 2. The molecule has 0 bridgehead atoms. The smallest absolute Gasteiger partial charge is 0.309 e. The fourth-order valence-electron chi connectivity index (χ4n) is 3.15. The van der Waals surface area contributed by atoms with E-state index in [1.165, 1.54) is 0 Å². The van der Waals surface area contributed by atoms with E-state index in [1.54, 1.807) is 25.1 Å². The van der Waals surface area contributed by atoms with E-state index in [-0.39, 0.29) is 11.8 Å². The Morgan fingerprint density at radius 1 is 1.23 bits per heavy atom. The van der Waals surface area contributed by atoms with Crippen molar-refractivity contribution in [1.82, 2.24) is 0 Å². The maximum absolute atomic E-state index is 12.6. The fraction of sp³-hybridized carbons (Fsp3) is 0.500. The molecule has 2 atom stereocenters. The molecule has 4 nitrogen and oxygen atoms in total. The Hall–Kier alpha value is -1.26. The van der Waals surface area contributed by atoms with Crippen molar-refractivity contribution < 1.29 is 14.7 Å². The quantitative estimate of drug-likeness (QED) is 0.851. The summed E-state index contributed by atoms with van der Waals surface area (Å²) in [6.07, 6.45) is 1.03. The Morgan fingerprint density at radius 3 is 2.36 bits per heavy atom. The summed E-state index contributed by atoms with van der Waals surface area (Å²) in [5.74, 6) is -1.42. The highest BCUT2D eigenvalue weighted by molar-refractivity contribution is 6.42. The third kappa shape index (κ3) is 2.70. The zero-order valence-corrected chi connectivity index (χ0v) is 14.3. The van der Waals surface area contributed by atoms with Crippen LogP contribution in [0, 0.1) is 16.7 Å². The predicted molar refractivity (Wildman–Crippen MR) is 87.3 cm³/mol. The van der Waals surface area contributed by atoms with Crippen LogP contribution >= 0.6 is 23.2 Å². The molecule has 0 aliphatic heterocycles. The number of carbonyl (C=O) groups excluding carboxylic acids is 1. The second-order valence-corrected chi connectivity index (χ2v) is 7.38. The number of aliphatic carboxylic acids is 1. The lowest BCUT2D eigenvalue weighted by Gasteiger charge is -2.37. The first-order chi connectivity index (χ1) is 10.1. The summed E-state index contributed by atoms with van der Waals surface area (Å²) in [6, 6.07) is 4.87. The van der Waals surface area contributed by atoms with Crippen molar-refractivity contribution in [2.24, 2.45) is 16.7 Å². The van der Waals surface area contributed by atoms with E-state index >= 15 is 0 Å². The van der Waals surface area contributed by atoms with E-state index in [2.05, 4.69) is 5.32 Å². The minimum Gasteiger partial charge on any atom is -0.481 e. The van der Waals surface area contributed by atoms with Crippen molar-refractivity contribution in [3.8, 4) is 0 Å². The highest BCUT2D eigenvalue weighted by Gasteiger charge is 2.58. The predicted octanol–water partition coefficient (Wildman–Crippen LogP) is 4.46. The molecule has 0 heterocycles. The molecule has 2 rings (SSSR count). The number of hydrogen-bond donors (Lipinski definition) is 2. The van der Waals surface area contributed by atoms with Gasteiger partial charge in [-0.3, -0.25) is 9.59 Å². The van der Waals surface area contributed by atoms with Gasteiger partial charge >= 0.3 is 5.97 Å². The van der Waals surface area contributed by atoms with Crippen LogP contribution in [0.2, 0.25) is 10.0 Å². The molecule has 1 saturated carbocycles. The Balaban J connectivity index is 2.20. The van der Waals surface area contributed by atoms with E-state index in [4.69, 9.17) is 23.2 Å². The van der Waals surface area contributed by atoms with E-state index in [0.29, 0.717) is 28.6 Å². The molecule has 0 radical (unpaired) electrons. The molecule has 120 valence electrons. The average molecular weight is 344 g/mol. The number of rotatable bonds is 3. The van der Waals surface area contributed by atoms with Gasteiger partial charge in [-0.05, 0) is 43.4 Å². The molecule has 1 aromatic carbocycles. The largest absolute Gasteiger partial charge is 0.481 e. The number of carboxylic acids is 1. The van der Waals surface area contributed by atoms with Crippen molar-refractivity contribution in [2.75, 3.05) is 5.32 Å². The number of halogens is 2. The highest BCUT2D eigenvalue weighted by Crippen LogP contribution is 2.56. The first kappa shape index (κ1) is 17.1. The number of carboxylic acid groups (broad SMARTS) is 1. The van der Waals surface area contributed by atoms with Crippen molar-refractivity contribution >= 4 is 40.8 Å². The Morgan fingerprint density at radius 2 is 1.86 bits per heavy atom. The van der Waals surface area contributed by atoms with Gasteiger partial charge in [0.25, 0.3) is 0 Å². The lowest BCUT2D eigenvalue weighted by Crippen LogP contribution is -2.43. The Labute approximate surface area is 139 Å². The van der Waals surface area contributed by atoms with Crippen LogP contribution in [0.15, 0.2) is 18.2 Å². The maximum atomic E-state index is 12.6. The molecule has 1 aliphatic rings. The lowest BCUT2D eigenvalue weighted by atomic mass is 9.65. The maximum Gasteiger partial charge on any atom is 0.309 e. The third-order valence-electron chi connectivity index (χ3n) is 5.20. The summed E-state index contributed by atoms with van der Waals surface area (Å²) < 4.78 is 0. The van der Waals surface area contributed by atoms with Gasteiger partial charge in [0.15, 0.2) is 0 Å². The first-order valence-corrected chi connectivity index (χ1v) is 7.84. The first-order valence-electron chi connectivity index (χ1n) is 7.09. The summed E-state index contributed by atoms with van der Waals surface area (Å²) >= 11 is 11.8. The average Bonchev–Trinajstić information content (AvgIpc) is 2.66. The van der Waals surface area contributed by atoms with E-state index in [9.17, 15) is 14.7 Å². The highest BCUT2D eigenvalue weighted by atomic mass is 35.5. The molecule has 22 heavy (non-hydrogen) atoms. The summed E-state index contributed by atoms with van der Waals surface area (Å²) in [6.45, 7) is 5.39. The van der Waals surface area contributed by atoms with Crippen molar-refractivity contribution in [3.05, 3.63) is 28.2 Å². The molecule has 1 aliphatic carbocycles. The van der Waals surface area contributed by atoms with Gasteiger partial charge in [0.2, 0.25) is 5.91 Å². The molecule has 0 unspecified atom stereocenters. The van der Waals surface area contributed by atoms with Crippen LogP contribution < -0.4 is 5.32 Å². The molecular formula is C16H19Cl2NO3. The van der Waals surface area contributed by atoms with Crippen LogP contribution in [-0.4, -0.2) is 17.0 Å². The zero-order chi connectivity index (χ0) is 16.7. The van der Waals surface area contributed by atoms with Crippen LogP contribution in [-0.2, 0) is 9.59 Å². The minimum absolute atomic E-state index is 0.187. The summed E-state index contributed by atoms with van der Waals surface area (Å²) in [5, 5.41) is 13.1. The number of benzene rings is 1. The van der Waals surface area contributed by atoms with Gasteiger partial charge in [-0.1, -0.05) is 37.0 Å². The van der Waals surface area contributed by atoms with Gasteiger partial charge < -0.3 is 10.4 Å². The summed E-state index contributed by atoms with van der Waals surface area (Å²) in [5.41, 5.74) is -0.995. The van der Waals surface area contributed by atoms with Crippen molar-refractivity contribution in [1.29, 1.82) is 0 Å². The van der Waals surface area contributed by atoms with Crippen LogP contribution in [0.1, 0.15) is 33.6 Å². The molecule has 1 fully saturated rings. The van der Waals surface area contributed by atoms with Gasteiger partial charge in [-0.25, -0.2) is 0 Å². The molecule has 6 heteroatoms. The van der Waals surface area contributed by atoms with Gasteiger partial charge in [-0.2, -0.15) is 0 Å². The lowest BCUT2D eigenvalue weighted by molar-refractivity contribution is -0.154. The van der Waals surface area contributed by atoms with Gasteiger partial charge in [0, 0.05) is 11.6 Å². The number of nitrogens with one attached hydrogen (secondary N) is 1. The molecule has 1 amide bonds. The normalized spacial score (nSPS) is 26.7. The van der Waals surface area contributed by atoms with Crippen molar-refractivity contribution in [3.63, 3.8) is 0 Å². The standard InChI is InChI=1S/C16H19Cl2NO3/c1-15(2)10(6-7-16(15,3)14(21)22)13(20)19-9-4-5-11(17)12(18)8-9/h4-5,8,10H,6-7H2,1-3H3,(H,19,20)(H,21,22)/t10-,16+/m0/s1. The summed E-state index contributed by atoms with van der Waals surface area (Å²) in [7, 11) is 0. The Bertz CT molecular complexity index is 630. The number of amides is 1. The van der Waals surface area contributed by atoms with Crippen LogP contribution in [0.5, 0.6) is 0 Å². The molecule has 0 saturated heterocycles. The molecule has 0 aromatic heterocycles. The van der Waals surface area contributed by atoms with E-state index < -0.39 is 16.8 Å². The second-order valence-electron chi connectivity index (χ2n) is 6.57.